The summed E-state index contributed by atoms with van der Waals surface area (Å²) >= 11 is 6.47. The first-order valence-corrected chi connectivity index (χ1v) is 8.44. The molecule has 4 nitrogen and oxygen atoms in total. The number of benzene rings is 2. The predicted octanol–water partition coefficient (Wildman–Crippen LogP) is 3.94. The number of carbonyl (C=O) groups excluding carboxylic acids is 1. The highest BCUT2D eigenvalue weighted by Crippen LogP contribution is 2.32. The number of aromatic hydroxyl groups is 1. The second-order valence-corrected chi connectivity index (χ2v) is 6.86. The van der Waals surface area contributed by atoms with Crippen molar-refractivity contribution in [2.75, 3.05) is 0 Å². The Balaban J connectivity index is 1.82. The smallest absolute Gasteiger partial charge is 0.286 e. The first-order valence-electron chi connectivity index (χ1n) is 7.21. The molecule has 0 spiro atoms. The number of aryl methyl sites for hydroxylation is 1. The molecule has 1 amide bonds. The Morgan fingerprint density at radius 3 is 2.58 bits per heavy atom. The number of carbonyl (C=O) groups is 1. The summed E-state index contributed by atoms with van der Waals surface area (Å²) in [6, 6.07) is 14.4. The molecule has 1 aliphatic rings. The fourth-order valence-corrected chi connectivity index (χ4v) is 3.31. The summed E-state index contributed by atoms with van der Waals surface area (Å²) in [6.45, 7) is 1.98. The molecule has 1 fully saturated rings. The van der Waals surface area contributed by atoms with Gasteiger partial charge in [-0.25, -0.2) is 0 Å². The van der Waals surface area contributed by atoms with E-state index in [1.165, 1.54) is 16.8 Å². The van der Waals surface area contributed by atoms with Crippen LogP contribution in [0, 0.1) is 6.92 Å². The van der Waals surface area contributed by atoms with Crippen LogP contribution in [0.2, 0.25) is 0 Å². The van der Waals surface area contributed by atoms with Crippen LogP contribution in [0.4, 0.5) is 0 Å². The molecule has 24 heavy (non-hydrogen) atoms. The van der Waals surface area contributed by atoms with E-state index in [1.807, 2.05) is 31.2 Å². The molecule has 6 heteroatoms. The molecule has 1 N–H and O–H groups in total. The van der Waals surface area contributed by atoms with Gasteiger partial charge >= 0.3 is 0 Å². The molecule has 0 radical (unpaired) electrons. The maximum absolute atomic E-state index is 12.5. The number of phenols is 1. The zero-order valence-corrected chi connectivity index (χ0v) is 14.5. The van der Waals surface area contributed by atoms with Gasteiger partial charge in [-0.15, -0.1) is 0 Å². The minimum Gasteiger partial charge on any atom is -0.508 e. The maximum Gasteiger partial charge on any atom is 0.286 e. The number of hydrogen-bond donors (Lipinski definition) is 1. The highest BCUT2D eigenvalue weighted by atomic mass is 32.2. The van der Waals surface area contributed by atoms with E-state index in [4.69, 9.17) is 12.2 Å². The molecular formula is C18H14N2O2S2. The van der Waals surface area contributed by atoms with Gasteiger partial charge < -0.3 is 5.11 Å². The van der Waals surface area contributed by atoms with Crippen LogP contribution in [-0.4, -0.2) is 26.6 Å². The first kappa shape index (κ1) is 16.4. The van der Waals surface area contributed by atoms with E-state index in [0.29, 0.717) is 9.23 Å². The predicted molar refractivity (Wildman–Crippen MR) is 102 cm³/mol. The van der Waals surface area contributed by atoms with Gasteiger partial charge in [0.25, 0.3) is 5.91 Å². The molecule has 2 aromatic carbocycles. The van der Waals surface area contributed by atoms with Crippen molar-refractivity contribution in [3.63, 3.8) is 0 Å². The molecule has 1 aliphatic heterocycles. The second kappa shape index (κ2) is 6.98. The van der Waals surface area contributed by atoms with E-state index in [9.17, 15) is 9.90 Å². The van der Waals surface area contributed by atoms with Gasteiger partial charge in [0.05, 0.1) is 11.1 Å². The van der Waals surface area contributed by atoms with Crippen LogP contribution >= 0.6 is 24.0 Å². The molecule has 0 aliphatic carbocycles. The second-order valence-electron chi connectivity index (χ2n) is 5.19. The number of thiocarbonyl (C=S) groups is 1. The van der Waals surface area contributed by atoms with Crippen molar-refractivity contribution in [2.24, 2.45) is 5.10 Å². The van der Waals surface area contributed by atoms with Crippen LogP contribution in [-0.2, 0) is 4.79 Å². The van der Waals surface area contributed by atoms with Gasteiger partial charge in [-0.2, -0.15) is 10.1 Å². The van der Waals surface area contributed by atoms with Crippen molar-refractivity contribution in [3.05, 3.63) is 70.1 Å². The number of nitrogens with zero attached hydrogens (tertiary/aromatic N) is 2. The van der Waals surface area contributed by atoms with Crippen molar-refractivity contribution < 1.29 is 9.90 Å². The van der Waals surface area contributed by atoms with Gasteiger partial charge in [-0.1, -0.05) is 48.2 Å². The molecule has 2 aromatic rings. The van der Waals surface area contributed by atoms with Gasteiger partial charge in [0.2, 0.25) is 0 Å². The Hall–Kier alpha value is -2.44. The van der Waals surface area contributed by atoms with Crippen LogP contribution in [0.3, 0.4) is 0 Å². The molecule has 0 saturated carbocycles. The number of thioether (sulfide) groups is 1. The molecule has 120 valence electrons. The minimum absolute atomic E-state index is 0.183. The standard InChI is InChI=1S/C18H14N2O2S2/c1-12-4-2-3-5-14(12)11-19-20-17(22)16(24-18(20)23)10-13-6-8-15(21)9-7-13/h2-11,21H,1H3/b16-10-,19-11+. The van der Waals surface area contributed by atoms with E-state index < -0.39 is 0 Å². The summed E-state index contributed by atoms with van der Waals surface area (Å²) in [5, 5.41) is 14.8. The van der Waals surface area contributed by atoms with E-state index in [2.05, 4.69) is 5.10 Å². The monoisotopic (exact) mass is 354 g/mol. The van der Waals surface area contributed by atoms with E-state index >= 15 is 0 Å². The van der Waals surface area contributed by atoms with Crippen LogP contribution in [0.1, 0.15) is 16.7 Å². The highest BCUT2D eigenvalue weighted by molar-refractivity contribution is 8.26. The van der Waals surface area contributed by atoms with Gasteiger partial charge in [0.15, 0.2) is 4.32 Å². The fraction of sp³-hybridized carbons (Fsp3) is 0.0556. The van der Waals surface area contributed by atoms with Gasteiger partial charge in [0.1, 0.15) is 5.75 Å². The Morgan fingerprint density at radius 1 is 1.17 bits per heavy atom. The number of hydrazone groups is 1. The van der Waals surface area contributed by atoms with Gasteiger partial charge in [-0.05, 0) is 54.0 Å². The largest absolute Gasteiger partial charge is 0.508 e. The molecule has 0 unspecified atom stereocenters. The van der Waals surface area contributed by atoms with Crippen LogP contribution < -0.4 is 0 Å². The van der Waals surface area contributed by atoms with E-state index in [1.54, 1.807) is 36.6 Å². The third-order valence-electron chi connectivity index (χ3n) is 3.46. The summed E-state index contributed by atoms with van der Waals surface area (Å²) < 4.78 is 0.398. The van der Waals surface area contributed by atoms with Crippen molar-refractivity contribution in [1.82, 2.24) is 5.01 Å². The third kappa shape index (κ3) is 3.55. The molecule has 0 aromatic heterocycles. The average Bonchev–Trinajstić information content (AvgIpc) is 2.83. The number of hydrogen-bond acceptors (Lipinski definition) is 5. The lowest BCUT2D eigenvalue weighted by molar-refractivity contribution is -0.122. The lowest BCUT2D eigenvalue weighted by Crippen LogP contribution is -2.22. The van der Waals surface area contributed by atoms with Crippen molar-refractivity contribution in [1.29, 1.82) is 0 Å². The van der Waals surface area contributed by atoms with Crippen molar-refractivity contribution >= 4 is 46.5 Å². The SMILES string of the molecule is Cc1ccccc1/C=N/N1C(=O)/C(=C/c2ccc(O)cc2)SC1=S. The number of rotatable bonds is 3. The Bertz CT molecular complexity index is 858. The molecular weight excluding hydrogens is 340 g/mol. The highest BCUT2D eigenvalue weighted by Gasteiger charge is 2.32. The molecule has 1 heterocycles. The van der Waals surface area contributed by atoms with Crippen molar-refractivity contribution in [2.45, 2.75) is 6.92 Å². The minimum atomic E-state index is -0.247. The molecule has 0 atom stereocenters. The van der Waals surface area contributed by atoms with Crippen molar-refractivity contribution in [3.8, 4) is 5.75 Å². The van der Waals surface area contributed by atoms with Crippen LogP contribution in [0.15, 0.2) is 58.5 Å². The van der Waals surface area contributed by atoms with E-state index in [-0.39, 0.29) is 11.7 Å². The lowest BCUT2D eigenvalue weighted by atomic mass is 10.1. The Kier molecular flexibility index (Phi) is 4.78. The molecule has 1 saturated heterocycles. The molecule has 3 rings (SSSR count). The Labute approximate surface area is 149 Å². The van der Waals surface area contributed by atoms with Crippen LogP contribution in [0.5, 0.6) is 5.75 Å². The van der Waals surface area contributed by atoms with Crippen LogP contribution in [0.25, 0.3) is 6.08 Å². The topological polar surface area (TPSA) is 52.9 Å². The quantitative estimate of drug-likeness (QED) is 0.515. The Morgan fingerprint density at radius 2 is 1.88 bits per heavy atom. The number of amides is 1. The zero-order valence-electron chi connectivity index (χ0n) is 12.8. The van der Waals surface area contributed by atoms with E-state index in [0.717, 1.165) is 16.7 Å². The third-order valence-corrected chi connectivity index (χ3v) is 4.75. The summed E-state index contributed by atoms with van der Waals surface area (Å²) in [4.78, 5) is 13.0. The zero-order chi connectivity index (χ0) is 17.1. The fourth-order valence-electron chi connectivity index (χ4n) is 2.13. The molecule has 0 bridgehead atoms. The summed E-state index contributed by atoms with van der Waals surface area (Å²) in [5.74, 6) is -0.0644. The van der Waals surface area contributed by atoms with Gasteiger partial charge in [0, 0.05) is 0 Å². The first-order chi connectivity index (χ1) is 11.5. The maximum atomic E-state index is 12.5. The summed E-state index contributed by atoms with van der Waals surface area (Å²) in [7, 11) is 0. The van der Waals surface area contributed by atoms with Gasteiger partial charge in [-0.3, -0.25) is 4.79 Å². The number of phenolic OH excluding ortho intramolecular Hbond substituents is 1. The average molecular weight is 354 g/mol. The normalized spacial score (nSPS) is 16.5. The summed E-state index contributed by atoms with van der Waals surface area (Å²) in [6.07, 6.45) is 3.38. The summed E-state index contributed by atoms with van der Waals surface area (Å²) in [5.41, 5.74) is 2.83. The lowest BCUT2D eigenvalue weighted by Gasteiger charge is -2.06.